The molecule has 0 amide bonds. The lowest BCUT2D eigenvalue weighted by atomic mass is 10.2. The van der Waals surface area contributed by atoms with E-state index in [-0.39, 0.29) is 6.10 Å². The molecule has 0 spiro atoms. The summed E-state index contributed by atoms with van der Waals surface area (Å²) in [4.78, 5) is 0. The molecule has 0 aromatic heterocycles. The molecule has 0 radical (unpaired) electrons. The van der Waals surface area contributed by atoms with E-state index in [1.54, 1.807) is 12.1 Å². The fourth-order valence-corrected chi connectivity index (χ4v) is 1.14. The van der Waals surface area contributed by atoms with Gasteiger partial charge in [0.25, 0.3) is 0 Å². The maximum absolute atomic E-state index is 5.79. The molecule has 2 nitrogen and oxygen atoms in total. The van der Waals surface area contributed by atoms with Crippen LogP contribution in [0.5, 0.6) is 5.75 Å². The van der Waals surface area contributed by atoms with Crippen LogP contribution >= 0.6 is 11.6 Å². The highest BCUT2D eigenvalue weighted by Crippen LogP contribution is 2.18. The highest BCUT2D eigenvalue weighted by atomic mass is 35.5. The van der Waals surface area contributed by atoms with E-state index >= 15 is 0 Å². The van der Waals surface area contributed by atoms with Gasteiger partial charge in [0.2, 0.25) is 0 Å². The summed E-state index contributed by atoms with van der Waals surface area (Å²) in [6, 6.07) is 6.72. The van der Waals surface area contributed by atoms with Gasteiger partial charge in [-0.25, -0.2) is 0 Å². The summed E-state index contributed by atoms with van der Waals surface area (Å²) in [6.45, 7) is 1.82. The Hall–Kier alpha value is -1.17. The summed E-state index contributed by atoms with van der Waals surface area (Å²) in [5.41, 5.74) is 5.61. The topological polar surface area (TPSA) is 35.2 Å². The Bertz CT molecular complexity index is 345. The van der Waals surface area contributed by atoms with E-state index in [1.165, 1.54) is 0 Å². The monoisotopic (exact) mass is 209 g/mol. The number of nitrogens with two attached hydrogens (primary N) is 1. The van der Waals surface area contributed by atoms with Gasteiger partial charge >= 0.3 is 0 Å². The van der Waals surface area contributed by atoms with Gasteiger partial charge in [0.15, 0.2) is 0 Å². The van der Waals surface area contributed by atoms with Crippen LogP contribution in [0.1, 0.15) is 6.92 Å². The van der Waals surface area contributed by atoms with Crippen molar-refractivity contribution in [2.75, 3.05) is 0 Å². The Kier molecular flexibility index (Phi) is 3.82. The van der Waals surface area contributed by atoms with Crippen molar-refractivity contribution in [3.63, 3.8) is 0 Å². The Morgan fingerprint density at radius 1 is 1.57 bits per heavy atom. The normalized spacial score (nSPS) is 14.1. The second-order valence-corrected chi connectivity index (χ2v) is 3.41. The summed E-state index contributed by atoms with van der Waals surface area (Å²) in [6.07, 6.45) is 4.95. The number of benzene rings is 1. The third-order valence-corrected chi connectivity index (χ3v) is 2.05. The Morgan fingerprint density at radius 2 is 2.29 bits per heavy atom. The van der Waals surface area contributed by atoms with Crippen molar-refractivity contribution in [2.45, 2.75) is 19.1 Å². The summed E-state index contributed by atoms with van der Waals surface area (Å²) in [5, 5.41) is 0.629. The zero-order chi connectivity index (χ0) is 10.6. The van der Waals surface area contributed by atoms with Crippen molar-refractivity contribution in [1.82, 2.24) is 0 Å². The smallest absolute Gasteiger partial charge is 0.122 e. The van der Waals surface area contributed by atoms with Gasteiger partial charge < -0.3 is 10.5 Å². The van der Waals surface area contributed by atoms with E-state index in [0.29, 0.717) is 10.8 Å². The van der Waals surface area contributed by atoms with Gasteiger partial charge in [0.1, 0.15) is 17.9 Å². The first-order chi connectivity index (χ1) is 6.63. The van der Waals surface area contributed by atoms with Crippen LogP contribution in [0.25, 0.3) is 0 Å². The molecule has 1 aromatic rings. The maximum atomic E-state index is 5.79. The maximum Gasteiger partial charge on any atom is 0.122 e. The summed E-state index contributed by atoms with van der Waals surface area (Å²) in [7, 11) is 0. The minimum absolute atomic E-state index is 0.224. The average Bonchev–Trinajstić information content (AvgIpc) is 2.16. The molecule has 0 bridgehead atoms. The van der Waals surface area contributed by atoms with Gasteiger partial charge in [-0.05, 0) is 25.1 Å². The van der Waals surface area contributed by atoms with Crippen LogP contribution in [0.2, 0.25) is 5.02 Å². The highest BCUT2D eigenvalue weighted by molar-refractivity contribution is 6.30. The van der Waals surface area contributed by atoms with Crippen LogP contribution in [-0.2, 0) is 0 Å². The van der Waals surface area contributed by atoms with E-state index in [1.807, 2.05) is 19.1 Å². The first kappa shape index (κ1) is 10.9. The van der Waals surface area contributed by atoms with Gasteiger partial charge in [-0.2, -0.15) is 0 Å². The lowest BCUT2D eigenvalue weighted by Crippen LogP contribution is -2.35. The first-order valence-corrected chi connectivity index (χ1v) is 4.65. The predicted molar refractivity (Wildman–Crippen MR) is 58.4 cm³/mol. The molecule has 0 saturated carbocycles. The lowest BCUT2D eigenvalue weighted by molar-refractivity contribution is 0.210. The molecule has 0 fully saturated rings. The molecule has 0 aliphatic carbocycles. The standard InChI is InChI=1S/C11H12ClNO/c1-3-11(13)8(2)14-10-6-4-5-9(12)7-10/h1,4-8,11H,13H2,2H3. The summed E-state index contributed by atoms with van der Waals surface area (Å²) < 4.78 is 5.50. The molecule has 74 valence electrons. The Balaban J connectivity index is 2.65. The Morgan fingerprint density at radius 3 is 2.86 bits per heavy atom. The van der Waals surface area contributed by atoms with Crippen LogP contribution in [0.15, 0.2) is 24.3 Å². The molecule has 1 aromatic carbocycles. The van der Waals surface area contributed by atoms with E-state index in [0.717, 1.165) is 0 Å². The Labute approximate surface area is 89.0 Å². The third-order valence-electron chi connectivity index (χ3n) is 1.82. The SMILES string of the molecule is C#CC(N)C(C)Oc1cccc(Cl)c1. The fraction of sp³-hybridized carbons (Fsp3) is 0.273. The van der Waals surface area contributed by atoms with Crippen LogP contribution in [0.4, 0.5) is 0 Å². The van der Waals surface area contributed by atoms with Gasteiger partial charge in [0, 0.05) is 5.02 Å². The fourth-order valence-electron chi connectivity index (χ4n) is 0.964. The zero-order valence-electron chi connectivity index (χ0n) is 7.91. The van der Waals surface area contributed by atoms with E-state index < -0.39 is 6.04 Å². The first-order valence-electron chi connectivity index (χ1n) is 4.27. The van der Waals surface area contributed by atoms with Crippen molar-refractivity contribution in [2.24, 2.45) is 5.73 Å². The predicted octanol–water partition coefficient (Wildman–Crippen LogP) is 2.07. The van der Waals surface area contributed by atoms with Gasteiger partial charge in [-0.15, -0.1) is 6.42 Å². The molecule has 0 aliphatic heterocycles. The van der Waals surface area contributed by atoms with E-state index in [2.05, 4.69) is 5.92 Å². The molecule has 1 rings (SSSR count). The van der Waals surface area contributed by atoms with E-state index in [4.69, 9.17) is 28.5 Å². The molecule has 14 heavy (non-hydrogen) atoms. The van der Waals surface area contributed by atoms with Crippen molar-refractivity contribution in [1.29, 1.82) is 0 Å². The minimum Gasteiger partial charge on any atom is -0.488 e. The molecule has 2 unspecified atom stereocenters. The van der Waals surface area contributed by atoms with Crippen molar-refractivity contribution in [3.8, 4) is 18.1 Å². The molecular weight excluding hydrogens is 198 g/mol. The zero-order valence-corrected chi connectivity index (χ0v) is 8.66. The molecule has 2 N–H and O–H groups in total. The third kappa shape index (κ3) is 2.95. The number of ether oxygens (including phenoxy) is 1. The number of halogens is 1. The van der Waals surface area contributed by atoms with Crippen molar-refractivity contribution in [3.05, 3.63) is 29.3 Å². The molecule has 0 saturated heterocycles. The molecule has 2 atom stereocenters. The van der Waals surface area contributed by atoms with E-state index in [9.17, 15) is 0 Å². The van der Waals surface area contributed by atoms with Gasteiger partial charge in [-0.1, -0.05) is 23.6 Å². The van der Waals surface area contributed by atoms with Crippen molar-refractivity contribution >= 4 is 11.6 Å². The lowest BCUT2D eigenvalue weighted by Gasteiger charge is -2.17. The number of rotatable bonds is 3. The average molecular weight is 210 g/mol. The minimum atomic E-state index is -0.408. The second-order valence-electron chi connectivity index (χ2n) is 2.97. The molecule has 3 heteroatoms. The van der Waals surface area contributed by atoms with Gasteiger partial charge in [-0.3, -0.25) is 0 Å². The molecule has 0 heterocycles. The van der Waals surface area contributed by atoms with Crippen molar-refractivity contribution < 1.29 is 4.74 Å². The van der Waals surface area contributed by atoms with Crippen LogP contribution < -0.4 is 10.5 Å². The number of hydrogen-bond donors (Lipinski definition) is 1. The van der Waals surface area contributed by atoms with Crippen LogP contribution in [0.3, 0.4) is 0 Å². The van der Waals surface area contributed by atoms with Gasteiger partial charge in [0.05, 0.1) is 0 Å². The molecule has 0 aliphatic rings. The van der Waals surface area contributed by atoms with Crippen LogP contribution in [-0.4, -0.2) is 12.1 Å². The summed E-state index contributed by atoms with van der Waals surface area (Å²) in [5.74, 6) is 3.10. The number of hydrogen-bond acceptors (Lipinski definition) is 2. The van der Waals surface area contributed by atoms with Crippen LogP contribution in [0, 0.1) is 12.3 Å². The highest BCUT2D eigenvalue weighted by Gasteiger charge is 2.11. The summed E-state index contributed by atoms with van der Waals surface area (Å²) >= 11 is 5.79. The molecular formula is C11H12ClNO. The quantitative estimate of drug-likeness (QED) is 0.774. The largest absolute Gasteiger partial charge is 0.488 e. The number of terminal acetylenes is 1. The second kappa shape index (κ2) is 4.90.